The third-order valence-corrected chi connectivity index (χ3v) is 10.6. The van der Waals surface area contributed by atoms with Crippen molar-refractivity contribution in [3.8, 4) is 16.9 Å². The summed E-state index contributed by atoms with van der Waals surface area (Å²) in [7, 11) is -3.73. The number of ether oxygens (including phenoxy) is 2. The van der Waals surface area contributed by atoms with Crippen LogP contribution >= 0.6 is 0 Å². The molecule has 2 aliphatic rings. The standard InChI is InChI=1S/C36H44FN3O6S/c1-3-45-36(42)34-5-4-22-40(34)23-24-46-32-18-10-27(11-19-32)28-12-20-33(21-13-28)47(43,44)39-31-16-8-29(9-17-31)35(41)38-25(2)26-6-14-30(37)15-7-26/h6-7,10-15,18-21,25,29,31,34,39H,3-5,8-9,16-17,22-24H2,1-2H3,(H,38,41)/t25-,29?,31?,34+/m1/s1. The first kappa shape index (κ1) is 34.5. The molecule has 11 heteroatoms. The normalized spacial score (nSPS) is 20.8. The van der Waals surface area contributed by atoms with Crippen molar-refractivity contribution >= 4 is 21.9 Å². The number of esters is 1. The number of halogens is 1. The van der Waals surface area contributed by atoms with Gasteiger partial charge in [0, 0.05) is 18.5 Å². The second kappa shape index (κ2) is 15.9. The molecule has 5 rings (SSSR count). The Balaban J connectivity index is 1.07. The Morgan fingerprint density at radius 3 is 2.19 bits per heavy atom. The lowest BCUT2D eigenvalue weighted by atomic mass is 9.85. The number of amides is 1. The lowest BCUT2D eigenvalue weighted by Crippen LogP contribution is -2.41. The van der Waals surface area contributed by atoms with E-state index in [2.05, 4.69) is 14.9 Å². The monoisotopic (exact) mass is 665 g/mol. The minimum Gasteiger partial charge on any atom is -0.492 e. The maximum atomic E-state index is 13.2. The third-order valence-electron chi connectivity index (χ3n) is 9.07. The Bertz CT molecular complexity index is 1590. The smallest absolute Gasteiger partial charge is 0.323 e. The number of rotatable bonds is 13. The van der Waals surface area contributed by atoms with Crippen LogP contribution in [0.3, 0.4) is 0 Å². The van der Waals surface area contributed by atoms with Crippen molar-refractivity contribution in [2.75, 3.05) is 26.3 Å². The minimum atomic E-state index is -3.73. The number of likely N-dealkylation sites (tertiary alicyclic amines) is 1. The zero-order valence-electron chi connectivity index (χ0n) is 27.0. The fourth-order valence-electron chi connectivity index (χ4n) is 6.38. The molecule has 47 heavy (non-hydrogen) atoms. The van der Waals surface area contributed by atoms with Crippen LogP contribution < -0.4 is 14.8 Å². The topological polar surface area (TPSA) is 114 Å². The van der Waals surface area contributed by atoms with Crippen molar-refractivity contribution < 1.29 is 31.9 Å². The van der Waals surface area contributed by atoms with E-state index in [0.717, 1.165) is 41.8 Å². The van der Waals surface area contributed by atoms with Gasteiger partial charge in [0.15, 0.2) is 0 Å². The zero-order chi connectivity index (χ0) is 33.4. The van der Waals surface area contributed by atoms with Gasteiger partial charge in [0.1, 0.15) is 24.2 Å². The lowest BCUT2D eigenvalue weighted by Gasteiger charge is -2.29. The number of nitrogens with zero attached hydrogens (tertiary/aromatic N) is 1. The average molecular weight is 666 g/mol. The molecule has 0 unspecified atom stereocenters. The maximum Gasteiger partial charge on any atom is 0.323 e. The largest absolute Gasteiger partial charge is 0.492 e. The fraction of sp³-hybridized carbons (Fsp3) is 0.444. The molecule has 2 N–H and O–H groups in total. The lowest BCUT2D eigenvalue weighted by molar-refractivity contribution is -0.148. The Kier molecular flexibility index (Phi) is 11.7. The van der Waals surface area contributed by atoms with E-state index in [1.807, 2.05) is 38.1 Å². The van der Waals surface area contributed by atoms with Crippen molar-refractivity contribution in [1.82, 2.24) is 14.9 Å². The Hall–Kier alpha value is -3.80. The second-order valence-electron chi connectivity index (χ2n) is 12.3. The molecule has 1 heterocycles. The molecule has 9 nitrogen and oxygen atoms in total. The first-order valence-electron chi connectivity index (χ1n) is 16.4. The summed E-state index contributed by atoms with van der Waals surface area (Å²) in [4.78, 5) is 27.3. The van der Waals surface area contributed by atoms with Crippen molar-refractivity contribution in [3.63, 3.8) is 0 Å². The molecule has 1 aliphatic heterocycles. The summed E-state index contributed by atoms with van der Waals surface area (Å²) in [6, 6.07) is 19.8. The molecule has 1 aliphatic carbocycles. The van der Waals surface area contributed by atoms with E-state index in [9.17, 15) is 22.4 Å². The molecule has 2 atom stereocenters. The molecule has 1 saturated carbocycles. The highest BCUT2D eigenvalue weighted by Gasteiger charge is 2.32. The summed E-state index contributed by atoms with van der Waals surface area (Å²) < 4.78 is 53.5. The van der Waals surface area contributed by atoms with E-state index in [1.165, 1.54) is 12.1 Å². The zero-order valence-corrected chi connectivity index (χ0v) is 27.8. The van der Waals surface area contributed by atoms with Gasteiger partial charge in [-0.25, -0.2) is 17.5 Å². The summed E-state index contributed by atoms with van der Waals surface area (Å²) in [5.74, 6) is -0.0198. The summed E-state index contributed by atoms with van der Waals surface area (Å²) in [5, 5.41) is 3.00. The quantitative estimate of drug-likeness (QED) is 0.228. The number of carbonyl (C=O) groups is 2. The summed E-state index contributed by atoms with van der Waals surface area (Å²) >= 11 is 0. The van der Waals surface area contributed by atoms with E-state index in [4.69, 9.17) is 9.47 Å². The minimum absolute atomic E-state index is 0.0652. The van der Waals surface area contributed by atoms with Gasteiger partial charge in [-0.05, 0) is 112 Å². The van der Waals surface area contributed by atoms with Gasteiger partial charge in [0.2, 0.25) is 15.9 Å². The Morgan fingerprint density at radius 1 is 0.915 bits per heavy atom. The highest BCUT2D eigenvalue weighted by atomic mass is 32.2. The van der Waals surface area contributed by atoms with E-state index in [0.29, 0.717) is 45.4 Å². The first-order chi connectivity index (χ1) is 22.6. The molecule has 2 fully saturated rings. The fourth-order valence-corrected chi connectivity index (χ4v) is 7.68. The number of hydrogen-bond acceptors (Lipinski definition) is 7. The van der Waals surface area contributed by atoms with Gasteiger partial charge in [0.05, 0.1) is 17.5 Å². The van der Waals surface area contributed by atoms with Crippen LogP contribution in [0.1, 0.15) is 64.0 Å². The molecular weight excluding hydrogens is 621 g/mol. The highest BCUT2D eigenvalue weighted by Crippen LogP contribution is 2.28. The maximum absolute atomic E-state index is 13.2. The molecule has 0 bridgehead atoms. The number of hydrogen-bond donors (Lipinski definition) is 2. The third kappa shape index (κ3) is 9.18. The van der Waals surface area contributed by atoms with Gasteiger partial charge < -0.3 is 14.8 Å². The van der Waals surface area contributed by atoms with Gasteiger partial charge >= 0.3 is 5.97 Å². The van der Waals surface area contributed by atoms with Crippen molar-refractivity contribution in [1.29, 1.82) is 0 Å². The average Bonchev–Trinajstić information content (AvgIpc) is 3.54. The van der Waals surface area contributed by atoms with Crippen LogP contribution in [0.4, 0.5) is 4.39 Å². The molecule has 0 radical (unpaired) electrons. The number of carbonyl (C=O) groups excluding carboxylic acids is 2. The number of nitrogens with one attached hydrogen (secondary N) is 2. The molecule has 1 saturated heterocycles. The highest BCUT2D eigenvalue weighted by molar-refractivity contribution is 7.89. The van der Waals surface area contributed by atoms with Crippen molar-refractivity contribution in [2.24, 2.45) is 5.92 Å². The molecule has 3 aromatic rings. The molecule has 0 spiro atoms. The van der Waals surface area contributed by atoms with Crippen molar-refractivity contribution in [2.45, 2.75) is 75.4 Å². The number of benzene rings is 3. The Labute approximate surface area is 276 Å². The van der Waals surface area contributed by atoms with Crippen LogP contribution in [-0.2, 0) is 24.3 Å². The van der Waals surface area contributed by atoms with Gasteiger partial charge in [0.25, 0.3) is 0 Å². The first-order valence-corrected chi connectivity index (χ1v) is 17.9. The molecular formula is C36H44FN3O6S. The van der Waals surface area contributed by atoms with E-state index >= 15 is 0 Å². The van der Waals surface area contributed by atoms with Crippen LogP contribution in [0.5, 0.6) is 5.75 Å². The van der Waals surface area contributed by atoms with E-state index < -0.39 is 10.0 Å². The van der Waals surface area contributed by atoms with Crippen LogP contribution in [0.25, 0.3) is 11.1 Å². The van der Waals surface area contributed by atoms with Crippen LogP contribution in [0.2, 0.25) is 0 Å². The molecule has 0 aromatic heterocycles. The van der Waals surface area contributed by atoms with E-state index in [-0.39, 0.29) is 46.6 Å². The Morgan fingerprint density at radius 2 is 1.55 bits per heavy atom. The van der Waals surface area contributed by atoms with Gasteiger partial charge in [-0.3, -0.25) is 14.5 Å². The predicted molar refractivity (Wildman–Crippen MR) is 178 cm³/mol. The van der Waals surface area contributed by atoms with E-state index in [1.54, 1.807) is 36.4 Å². The van der Waals surface area contributed by atoms with Gasteiger partial charge in [-0.1, -0.05) is 36.4 Å². The summed E-state index contributed by atoms with van der Waals surface area (Å²) in [6.45, 7) is 6.02. The molecule has 1 amide bonds. The number of sulfonamides is 1. The SMILES string of the molecule is CCOC(=O)[C@@H]1CCCN1CCOc1ccc(-c2ccc(S(=O)(=O)NC3CCC(C(=O)N[C@H](C)c4ccc(F)cc4)CC3)cc2)cc1. The molecule has 252 valence electrons. The predicted octanol–water partition coefficient (Wildman–Crippen LogP) is 5.61. The molecule has 3 aromatic carbocycles. The summed E-state index contributed by atoms with van der Waals surface area (Å²) in [5.41, 5.74) is 2.64. The van der Waals surface area contributed by atoms with Crippen LogP contribution in [0.15, 0.2) is 77.7 Å². The second-order valence-corrected chi connectivity index (χ2v) is 14.0. The van der Waals surface area contributed by atoms with Crippen LogP contribution in [-0.4, -0.2) is 63.6 Å². The van der Waals surface area contributed by atoms with Gasteiger partial charge in [-0.2, -0.15) is 0 Å². The van der Waals surface area contributed by atoms with Crippen molar-refractivity contribution in [3.05, 3.63) is 84.2 Å². The van der Waals surface area contributed by atoms with Crippen LogP contribution in [0, 0.1) is 11.7 Å². The van der Waals surface area contributed by atoms with Gasteiger partial charge in [-0.15, -0.1) is 0 Å². The summed E-state index contributed by atoms with van der Waals surface area (Å²) in [6.07, 6.45) is 4.08.